The summed E-state index contributed by atoms with van der Waals surface area (Å²) in [5.74, 6) is 0. The molecule has 0 spiro atoms. The number of nitrogens with zero attached hydrogens (tertiary/aromatic N) is 2. The van der Waals surface area contributed by atoms with E-state index in [4.69, 9.17) is 0 Å². The average Bonchev–Trinajstić information content (AvgIpc) is 2.01. The van der Waals surface area contributed by atoms with Crippen LogP contribution >= 0.6 is 0 Å². The molecule has 0 unspecified atom stereocenters. The van der Waals surface area contributed by atoms with Crippen LogP contribution < -0.4 is 0 Å². The summed E-state index contributed by atoms with van der Waals surface area (Å²) < 4.78 is 2.26. The first-order valence-corrected chi connectivity index (χ1v) is 4.97. The van der Waals surface area contributed by atoms with E-state index in [2.05, 4.69) is 33.1 Å². The zero-order valence-electron chi connectivity index (χ0n) is 7.21. The van der Waals surface area contributed by atoms with Gasteiger partial charge in [-0.3, -0.25) is 9.48 Å². The van der Waals surface area contributed by atoms with Gasteiger partial charge in [-0.15, -0.1) is 0 Å². The second-order valence-electron chi connectivity index (χ2n) is 3.09. The smallest absolute Gasteiger partial charge is 0.233 e. The second-order valence-corrected chi connectivity index (χ2v) is 3.59. The van der Waals surface area contributed by atoms with Crippen molar-refractivity contribution in [3.8, 4) is 0 Å². The molecule has 2 nitrogen and oxygen atoms in total. The summed E-state index contributed by atoms with van der Waals surface area (Å²) in [5.41, 5.74) is 0. The van der Waals surface area contributed by atoms with Crippen LogP contribution in [0.25, 0.3) is 0 Å². The average molecular weight is 168 g/mol. The van der Waals surface area contributed by atoms with Gasteiger partial charge in [-0.05, 0) is 6.42 Å². The third-order valence-corrected chi connectivity index (χ3v) is 2.29. The highest BCUT2D eigenvalue weighted by atomic mass is 28.1. The molecule has 3 heteroatoms. The van der Waals surface area contributed by atoms with Gasteiger partial charge in [-0.25, -0.2) is 0 Å². The van der Waals surface area contributed by atoms with Gasteiger partial charge < -0.3 is 0 Å². The van der Waals surface area contributed by atoms with Crippen LogP contribution in [0.3, 0.4) is 0 Å². The fraction of sp³-hybridized carbons (Fsp3) is 0.875. The monoisotopic (exact) mass is 168 g/mol. The first kappa shape index (κ1) is 8.78. The van der Waals surface area contributed by atoms with Gasteiger partial charge in [-0.1, -0.05) is 6.04 Å². The highest BCUT2D eigenvalue weighted by Gasteiger charge is 2.12. The zero-order valence-corrected chi connectivity index (χ0v) is 8.21. The van der Waals surface area contributed by atoms with E-state index in [-0.39, 0.29) is 0 Å². The molecule has 1 aliphatic rings. The van der Waals surface area contributed by atoms with E-state index in [1.165, 1.54) is 32.5 Å². The molecule has 11 heavy (non-hydrogen) atoms. The van der Waals surface area contributed by atoms with Gasteiger partial charge in [0.2, 0.25) is 6.34 Å². The summed E-state index contributed by atoms with van der Waals surface area (Å²) in [4.78, 5) is 2.39. The van der Waals surface area contributed by atoms with Crippen molar-refractivity contribution in [2.45, 2.75) is 18.9 Å². The molecule has 0 aromatic carbocycles. The molecular formula is C8H16N2Si+. The molecule has 0 N–H and O–H groups in total. The van der Waals surface area contributed by atoms with Gasteiger partial charge in [0.1, 0.15) is 0 Å². The molecule has 1 aliphatic heterocycles. The summed E-state index contributed by atoms with van der Waals surface area (Å²) in [7, 11) is 5.62. The van der Waals surface area contributed by atoms with Crippen LogP contribution in [0, 0.1) is 0 Å². The van der Waals surface area contributed by atoms with Crippen molar-refractivity contribution < 1.29 is 4.58 Å². The van der Waals surface area contributed by atoms with Gasteiger partial charge in [-0.2, -0.15) is 0 Å². The molecule has 3 radical (unpaired) electrons. The third-order valence-electron chi connectivity index (χ3n) is 1.94. The highest BCUT2D eigenvalue weighted by Crippen LogP contribution is 1.97. The lowest BCUT2D eigenvalue weighted by Gasteiger charge is -2.18. The Morgan fingerprint density at radius 1 is 1.64 bits per heavy atom. The Labute approximate surface area is 72.3 Å². The Kier molecular flexibility index (Phi) is 3.63. The zero-order chi connectivity index (χ0) is 8.10. The molecule has 61 valence electrons. The van der Waals surface area contributed by atoms with E-state index in [0.717, 1.165) is 6.04 Å². The normalized spacial score (nSPS) is 18.4. The predicted molar refractivity (Wildman–Crippen MR) is 48.5 cm³/mol. The van der Waals surface area contributed by atoms with Gasteiger partial charge in [0.15, 0.2) is 0 Å². The summed E-state index contributed by atoms with van der Waals surface area (Å²) in [6, 6.07) is 1.11. The Balaban J connectivity index is 2.28. The maximum Gasteiger partial charge on any atom is 0.233 e. The standard InChI is InChI=1S/C8H16N2Si/c1-9-4-2-5-10(8-9)6-3-7-11/h8H,2-7H2,1H3/q+1. The van der Waals surface area contributed by atoms with Crippen molar-refractivity contribution in [2.24, 2.45) is 0 Å². The lowest BCUT2D eigenvalue weighted by Crippen LogP contribution is -2.35. The number of hydrogen-bond acceptors (Lipinski definition) is 1. The van der Waals surface area contributed by atoms with Gasteiger partial charge in [0.05, 0.1) is 26.7 Å². The molecule has 0 saturated carbocycles. The summed E-state index contributed by atoms with van der Waals surface area (Å²) in [6.45, 7) is 3.63. The van der Waals surface area contributed by atoms with Crippen molar-refractivity contribution in [1.29, 1.82) is 0 Å². The molecule has 0 aromatic rings. The van der Waals surface area contributed by atoms with Crippen molar-refractivity contribution in [3.63, 3.8) is 0 Å². The maximum absolute atomic E-state index is 3.48. The minimum atomic E-state index is 1.11. The van der Waals surface area contributed by atoms with Crippen LogP contribution in [0.4, 0.5) is 0 Å². The van der Waals surface area contributed by atoms with Crippen LogP contribution in [0.1, 0.15) is 12.8 Å². The Morgan fingerprint density at radius 2 is 2.45 bits per heavy atom. The quantitative estimate of drug-likeness (QED) is 0.435. The van der Waals surface area contributed by atoms with Crippen LogP contribution in [0.5, 0.6) is 0 Å². The topological polar surface area (TPSA) is 6.25 Å². The lowest BCUT2D eigenvalue weighted by atomic mass is 10.3. The van der Waals surface area contributed by atoms with Crippen LogP contribution in [0.2, 0.25) is 6.04 Å². The van der Waals surface area contributed by atoms with E-state index in [1.54, 1.807) is 0 Å². The maximum atomic E-state index is 3.48. The molecule has 0 amide bonds. The Morgan fingerprint density at radius 3 is 3.09 bits per heavy atom. The summed E-state index contributed by atoms with van der Waals surface area (Å²) in [5, 5.41) is 0. The Hall–Kier alpha value is -0.313. The molecule has 1 rings (SSSR count). The van der Waals surface area contributed by atoms with E-state index >= 15 is 0 Å². The Bertz CT molecular complexity index is 145. The van der Waals surface area contributed by atoms with Crippen molar-refractivity contribution in [3.05, 3.63) is 0 Å². The molecule has 0 aliphatic carbocycles. The SMILES string of the molecule is C[N+]1=CN(CCC[Si])CCC1. The van der Waals surface area contributed by atoms with Gasteiger partial charge >= 0.3 is 0 Å². The van der Waals surface area contributed by atoms with Crippen molar-refractivity contribution in [1.82, 2.24) is 4.90 Å². The minimum Gasteiger partial charge on any atom is -0.271 e. The van der Waals surface area contributed by atoms with E-state index in [0.29, 0.717) is 0 Å². The number of hydrogen-bond donors (Lipinski definition) is 0. The minimum absolute atomic E-state index is 1.11. The lowest BCUT2D eigenvalue weighted by molar-refractivity contribution is -0.503. The molecule has 1 heterocycles. The van der Waals surface area contributed by atoms with Crippen LogP contribution in [-0.4, -0.2) is 52.7 Å². The van der Waals surface area contributed by atoms with E-state index in [9.17, 15) is 0 Å². The molecular weight excluding hydrogens is 152 g/mol. The third kappa shape index (κ3) is 3.06. The summed E-state index contributed by atoms with van der Waals surface area (Å²) >= 11 is 0. The van der Waals surface area contributed by atoms with Gasteiger partial charge in [0.25, 0.3) is 0 Å². The van der Waals surface area contributed by atoms with Crippen molar-refractivity contribution in [2.75, 3.05) is 26.7 Å². The first-order chi connectivity index (χ1) is 5.33. The van der Waals surface area contributed by atoms with E-state index in [1.807, 2.05) is 0 Å². The largest absolute Gasteiger partial charge is 0.271 e. The molecule has 0 bridgehead atoms. The number of rotatable bonds is 3. The molecule has 0 atom stereocenters. The predicted octanol–water partition coefficient (Wildman–Crippen LogP) is 0.340. The van der Waals surface area contributed by atoms with Crippen molar-refractivity contribution >= 4 is 16.6 Å². The van der Waals surface area contributed by atoms with Crippen LogP contribution in [0.15, 0.2) is 0 Å². The second kappa shape index (κ2) is 4.54. The van der Waals surface area contributed by atoms with Gasteiger partial charge in [0, 0.05) is 16.7 Å². The molecule has 0 saturated heterocycles. The summed E-state index contributed by atoms with van der Waals surface area (Å²) in [6.07, 6.45) is 4.77. The fourth-order valence-corrected chi connectivity index (χ4v) is 1.53. The van der Waals surface area contributed by atoms with Crippen LogP contribution in [-0.2, 0) is 0 Å². The molecule has 0 aromatic heterocycles. The van der Waals surface area contributed by atoms with E-state index < -0.39 is 0 Å². The first-order valence-electron chi connectivity index (χ1n) is 4.27. The highest BCUT2D eigenvalue weighted by molar-refractivity contribution is 6.08. The fourth-order valence-electron chi connectivity index (χ4n) is 1.37. The molecule has 0 fully saturated rings.